The molecular weight excluding hydrogens is 806 g/mol. The number of rotatable bonds is 30. The minimum Gasteiger partial charge on any atom is -0.385 e. The van der Waals surface area contributed by atoms with Gasteiger partial charge in [0.25, 0.3) is 0 Å². The molecule has 7 atom stereocenters. The number of phosphoric ester groups is 1. The van der Waals surface area contributed by atoms with Crippen molar-refractivity contribution in [3.63, 3.8) is 0 Å². The predicted molar refractivity (Wildman–Crippen MR) is 225 cm³/mol. The molecule has 0 amide bonds. The summed E-state index contributed by atoms with van der Waals surface area (Å²) in [5, 5.41) is 46.6. The molecule has 15 nitrogen and oxygen atoms in total. The van der Waals surface area contributed by atoms with Gasteiger partial charge in [-0.3, -0.25) is 9.05 Å². The summed E-state index contributed by atoms with van der Waals surface area (Å²) in [7, 11) is -4.94. The van der Waals surface area contributed by atoms with E-state index >= 15 is 0 Å². The smallest absolute Gasteiger partial charge is 0.385 e. The molecule has 1 saturated carbocycles. The van der Waals surface area contributed by atoms with Gasteiger partial charge in [0, 0.05) is 12.2 Å². The number of anilines is 1. The first-order chi connectivity index (χ1) is 29.5. The van der Waals surface area contributed by atoms with Crippen LogP contribution >= 0.6 is 7.82 Å². The number of ether oxygens (including phenoxy) is 3. The largest absolute Gasteiger partial charge is 0.472 e. The summed E-state index contributed by atoms with van der Waals surface area (Å²) in [5.74, 6) is -0.400. The van der Waals surface area contributed by atoms with Crippen molar-refractivity contribution in [1.82, 2.24) is 14.6 Å². The SMILES string of the molecule is CCCCCCCCCCCCCCCCCCOC[C@H](COP(=O)(O)OC1[C@H]2O[C@@](C#N)(c3ccc4c(N)ncnn34)[C@H](O)[C@@]12O)OCc1cc(F)c(CCC)c(C#N)c1. The molecular formula is C44H64FN6O9P. The molecule has 1 aliphatic carbocycles. The molecule has 2 fully saturated rings. The van der Waals surface area contributed by atoms with E-state index in [-0.39, 0.29) is 30.3 Å². The van der Waals surface area contributed by atoms with E-state index in [2.05, 4.69) is 17.0 Å². The van der Waals surface area contributed by atoms with Crippen molar-refractivity contribution in [2.45, 2.75) is 172 Å². The third kappa shape index (κ3) is 12.3. The fraction of sp³-hybridized carbons (Fsp3) is 0.682. The number of nitrogen functional groups attached to an aromatic ring is 1. The standard InChI is InChI=1S/C44H64FN6O9P/c1-3-5-6-7-8-9-10-11-12-13-14-15-16-17-18-19-23-56-28-34(57-27-32-24-33(26-46)35(20-4-2)36(45)25-32)29-58-61(54,55)60-40-39-44(40,53)42(52)43(30-47,59-39)38-22-21-37-41(48)49-31-50-51(37)38/h21-22,24-25,31,34,39-40,42,52-53H,3-20,23,27-29H2,1-2H3,(H,54,55)(H2,48,49,50)/t34-,39-,40?,42+,43+,44+/m1/s1. The number of benzene rings is 1. The van der Waals surface area contributed by atoms with Crippen LogP contribution in [-0.4, -0.2) is 79.5 Å². The van der Waals surface area contributed by atoms with Gasteiger partial charge in [0.05, 0.1) is 37.1 Å². The quantitative estimate of drug-likeness (QED) is 0.0369. The fourth-order valence-corrected chi connectivity index (χ4v) is 9.15. The summed E-state index contributed by atoms with van der Waals surface area (Å²) >= 11 is 0. The van der Waals surface area contributed by atoms with E-state index < -0.39 is 55.9 Å². The minimum absolute atomic E-state index is 0.0257. The van der Waals surface area contributed by atoms with E-state index in [0.29, 0.717) is 36.1 Å². The van der Waals surface area contributed by atoms with E-state index in [9.17, 15) is 34.6 Å². The van der Waals surface area contributed by atoms with E-state index in [1.807, 2.05) is 19.1 Å². The van der Waals surface area contributed by atoms with Crippen LogP contribution in [0.2, 0.25) is 0 Å². The Morgan fingerprint density at radius 3 is 2.18 bits per heavy atom. The molecule has 0 spiro atoms. The number of aliphatic hydroxyl groups is 2. The Hall–Kier alpha value is -3.54. The molecule has 17 heteroatoms. The number of nitrogens with two attached hydrogens (primary N) is 1. The molecule has 2 aromatic heterocycles. The maximum absolute atomic E-state index is 14.9. The van der Waals surface area contributed by atoms with Gasteiger partial charge in [0.2, 0.25) is 5.60 Å². The first-order valence-electron chi connectivity index (χ1n) is 22.1. The van der Waals surface area contributed by atoms with E-state index in [1.54, 1.807) is 6.07 Å². The van der Waals surface area contributed by atoms with Gasteiger partial charge in [-0.05, 0) is 42.7 Å². The highest BCUT2D eigenvalue weighted by atomic mass is 31.2. The van der Waals surface area contributed by atoms with Crippen LogP contribution in [0, 0.1) is 28.5 Å². The van der Waals surface area contributed by atoms with Crippen LogP contribution in [0.3, 0.4) is 0 Å². The van der Waals surface area contributed by atoms with Gasteiger partial charge in [0.1, 0.15) is 48.1 Å². The molecule has 5 N–H and O–H groups in total. The molecule has 3 aromatic rings. The van der Waals surface area contributed by atoms with Crippen molar-refractivity contribution < 1.29 is 47.3 Å². The molecule has 1 aromatic carbocycles. The maximum atomic E-state index is 14.9. The van der Waals surface area contributed by atoms with Crippen LogP contribution in [0.25, 0.3) is 5.52 Å². The second-order valence-corrected chi connectivity index (χ2v) is 17.8. The molecule has 0 bridgehead atoms. The van der Waals surface area contributed by atoms with Crippen molar-refractivity contribution in [2.24, 2.45) is 0 Å². The molecule has 2 unspecified atom stereocenters. The normalized spacial score (nSPS) is 23.4. The Labute approximate surface area is 358 Å². The van der Waals surface area contributed by atoms with Crippen molar-refractivity contribution in [3.8, 4) is 12.1 Å². The highest BCUT2D eigenvalue weighted by Gasteiger charge is 2.83. The highest BCUT2D eigenvalue weighted by Crippen LogP contribution is 2.63. The van der Waals surface area contributed by atoms with Gasteiger partial charge in [-0.2, -0.15) is 15.6 Å². The zero-order valence-electron chi connectivity index (χ0n) is 35.7. The molecule has 2 aliphatic rings. The zero-order chi connectivity index (χ0) is 43.9. The monoisotopic (exact) mass is 870 g/mol. The average Bonchev–Trinajstić information content (AvgIpc) is 3.48. The van der Waals surface area contributed by atoms with Crippen molar-refractivity contribution in [2.75, 3.05) is 25.6 Å². The van der Waals surface area contributed by atoms with Gasteiger partial charge < -0.3 is 35.1 Å². The second-order valence-electron chi connectivity index (χ2n) is 16.4. The van der Waals surface area contributed by atoms with Crippen LogP contribution in [-0.2, 0) is 46.5 Å². The molecule has 5 rings (SSSR count). The first-order valence-corrected chi connectivity index (χ1v) is 23.6. The van der Waals surface area contributed by atoms with Gasteiger partial charge in [-0.15, -0.1) is 0 Å². The average molecular weight is 871 g/mol. The summed E-state index contributed by atoms with van der Waals surface area (Å²) in [6, 6.07) is 9.80. The molecule has 1 aliphatic heterocycles. The molecule has 336 valence electrons. The van der Waals surface area contributed by atoms with E-state index in [4.69, 9.17) is 29.0 Å². The Morgan fingerprint density at radius 1 is 0.967 bits per heavy atom. The predicted octanol–water partition coefficient (Wildman–Crippen LogP) is 7.86. The van der Waals surface area contributed by atoms with Crippen molar-refractivity contribution >= 4 is 19.2 Å². The first kappa shape index (κ1) is 48.5. The number of halogens is 1. The molecule has 0 radical (unpaired) electrons. The van der Waals surface area contributed by atoms with Crippen LogP contribution < -0.4 is 5.73 Å². The Kier molecular flexibility index (Phi) is 18.5. The molecule has 1 saturated heterocycles. The minimum atomic E-state index is -4.94. The van der Waals surface area contributed by atoms with Crippen LogP contribution in [0.1, 0.15) is 145 Å². The fourth-order valence-electron chi connectivity index (χ4n) is 8.16. The lowest BCUT2D eigenvalue weighted by atomic mass is 9.90. The summed E-state index contributed by atoms with van der Waals surface area (Å²) in [6.45, 7) is 3.91. The van der Waals surface area contributed by atoms with Crippen LogP contribution in [0.5, 0.6) is 0 Å². The maximum Gasteiger partial charge on any atom is 0.472 e. The number of hydrogen-bond donors (Lipinski definition) is 4. The number of unbranched alkanes of at least 4 members (excludes halogenated alkanes) is 15. The van der Waals surface area contributed by atoms with Crippen LogP contribution in [0.4, 0.5) is 10.2 Å². The summed E-state index contributed by atoms with van der Waals surface area (Å²) in [5.41, 5.74) is 2.91. The second kappa shape index (κ2) is 23.2. The Balaban J connectivity index is 1.08. The summed E-state index contributed by atoms with van der Waals surface area (Å²) < 4.78 is 57.8. The van der Waals surface area contributed by atoms with Gasteiger partial charge in [-0.1, -0.05) is 117 Å². The summed E-state index contributed by atoms with van der Waals surface area (Å²) in [4.78, 5) is 14.7. The van der Waals surface area contributed by atoms with Gasteiger partial charge in [-0.25, -0.2) is 18.5 Å². The third-order valence-electron chi connectivity index (χ3n) is 11.7. The third-order valence-corrected chi connectivity index (χ3v) is 12.7. The number of hydrogen-bond acceptors (Lipinski definition) is 13. The van der Waals surface area contributed by atoms with E-state index in [1.165, 1.54) is 106 Å². The lowest BCUT2D eigenvalue weighted by Crippen LogP contribution is -2.47. The number of nitriles is 2. The number of fused-ring (bicyclic) bond motifs is 2. The van der Waals surface area contributed by atoms with Crippen molar-refractivity contribution in [1.29, 1.82) is 10.5 Å². The summed E-state index contributed by atoms with van der Waals surface area (Å²) in [6.07, 6.45) is 16.5. The number of phosphoric acid groups is 1. The zero-order valence-corrected chi connectivity index (χ0v) is 36.6. The number of aromatic nitrogens is 3. The number of aliphatic hydroxyl groups excluding tert-OH is 1. The Morgan fingerprint density at radius 2 is 1.61 bits per heavy atom. The highest BCUT2D eigenvalue weighted by molar-refractivity contribution is 7.47. The van der Waals surface area contributed by atoms with E-state index in [0.717, 1.165) is 25.6 Å². The lowest BCUT2D eigenvalue weighted by molar-refractivity contribution is -0.107. The molecule has 61 heavy (non-hydrogen) atoms. The number of nitrogens with zero attached hydrogens (tertiary/aromatic N) is 5. The Bertz CT molecular complexity index is 1990. The van der Waals surface area contributed by atoms with Crippen molar-refractivity contribution in [3.05, 3.63) is 58.8 Å². The topological polar surface area (TPSA) is 228 Å². The molecule has 3 heterocycles. The van der Waals surface area contributed by atoms with Gasteiger partial charge in [0.15, 0.2) is 11.4 Å². The van der Waals surface area contributed by atoms with Gasteiger partial charge >= 0.3 is 7.82 Å². The van der Waals surface area contributed by atoms with Crippen LogP contribution in [0.15, 0.2) is 30.6 Å². The lowest BCUT2D eigenvalue weighted by Gasteiger charge is -2.29.